The Labute approximate surface area is 108 Å². The normalized spacial score (nSPS) is 21.9. The predicted octanol–water partition coefficient (Wildman–Crippen LogP) is 2.93. The van der Waals surface area contributed by atoms with Gasteiger partial charge in [-0.25, -0.2) is 0 Å². The molecule has 0 bridgehead atoms. The molecule has 0 atom stereocenters. The van der Waals surface area contributed by atoms with Crippen molar-refractivity contribution in [3.8, 4) is 0 Å². The van der Waals surface area contributed by atoms with Gasteiger partial charge in [-0.2, -0.15) is 0 Å². The predicted molar refractivity (Wildman–Crippen MR) is 73.0 cm³/mol. The van der Waals surface area contributed by atoms with Crippen molar-refractivity contribution >= 4 is 17.3 Å². The average Bonchev–Trinajstić information content (AvgIpc) is 2.48. The monoisotopic (exact) mass is 250 g/mol. The fraction of sp³-hybridized carbons (Fsp3) is 0.571. The second-order valence-electron chi connectivity index (χ2n) is 5.73. The van der Waals surface area contributed by atoms with Crippen LogP contribution in [0.1, 0.15) is 31.4 Å². The second kappa shape index (κ2) is 3.89. The van der Waals surface area contributed by atoms with E-state index in [9.17, 15) is 0 Å². The third kappa shape index (κ3) is 1.74. The highest BCUT2D eigenvalue weighted by Gasteiger charge is 2.35. The molecule has 0 spiro atoms. The van der Waals surface area contributed by atoms with Crippen molar-refractivity contribution in [2.75, 3.05) is 24.5 Å². The first-order valence-electron chi connectivity index (χ1n) is 6.37. The van der Waals surface area contributed by atoms with E-state index >= 15 is 0 Å². The van der Waals surface area contributed by atoms with Crippen LogP contribution in [0.15, 0.2) is 12.1 Å². The van der Waals surface area contributed by atoms with Gasteiger partial charge in [0.15, 0.2) is 0 Å². The van der Waals surface area contributed by atoms with E-state index in [-0.39, 0.29) is 5.41 Å². The molecule has 1 aromatic carbocycles. The molecule has 2 aliphatic rings. The Hall–Kier alpha value is -0.730. The van der Waals surface area contributed by atoms with Crippen LogP contribution in [0.5, 0.6) is 0 Å². The maximum Gasteiger partial charge on any atom is 0.0465 e. The van der Waals surface area contributed by atoms with Crippen molar-refractivity contribution in [1.82, 2.24) is 5.32 Å². The van der Waals surface area contributed by atoms with Crippen molar-refractivity contribution in [2.24, 2.45) is 0 Å². The van der Waals surface area contributed by atoms with Crippen molar-refractivity contribution in [1.29, 1.82) is 0 Å². The molecule has 2 heterocycles. The van der Waals surface area contributed by atoms with Crippen LogP contribution in [0, 0.1) is 0 Å². The van der Waals surface area contributed by atoms with Crippen LogP contribution >= 0.6 is 11.6 Å². The minimum atomic E-state index is 0.198. The standard InChI is InChI=1S/C14H19ClN2/c1-14(2)5-7-17-8-6-16-9-10-3-4-11(15)12(14)13(10)17/h3-4,16H,5-9H2,1-2H3. The molecule has 0 unspecified atom stereocenters. The lowest BCUT2D eigenvalue weighted by Crippen LogP contribution is -2.39. The van der Waals surface area contributed by atoms with Gasteiger partial charge in [-0.3, -0.25) is 0 Å². The molecule has 0 saturated heterocycles. The summed E-state index contributed by atoms with van der Waals surface area (Å²) in [6.07, 6.45) is 1.18. The highest BCUT2D eigenvalue weighted by Crippen LogP contribution is 2.45. The molecule has 0 fully saturated rings. The molecule has 0 amide bonds. The van der Waals surface area contributed by atoms with Gasteiger partial charge in [0, 0.05) is 42.5 Å². The van der Waals surface area contributed by atoms with E-state index in [2.05, 4.69) is 36.2 Å². The van der Waals surface area contributed by atoms with Crippen LogP contribution in [0.4, 0.5) is 5.69 Å². The molecule has 0 aromatic heterocycles. The van der Waals surface area contributed by atoms with Crippen LogP contribution in [-0.2, 0) is 12.0 Å². The van der Waals surface area contributed by atoms with E-state index in [1.54, 1.807) is 0 Å². The summed E-state index contributed by atoms with van der Waals surface area (Å²) in [4.78, 5) is 2.50. The van der Waals surface area contributed by atoms with E-state index in [1.807, 2.05) is 0 Å². The maximum absolute atomic E-state index is 6.45. The van der Waals surface area contributed by atoms with Gasteiger partial charge in [-0.1, -0.05) is 31.5 Å². The molecule has 2 nitrogen and oxygen atoms in total. The van der Waals surface area contributed by atoms with E-state index in [4.69, 9.17) is 11.6 Å². The Morgan fingerprint density at radius 1 is 1.29 bits per heavy atom. The molecule has 17 heavy (non-hydrogen) atoms. The number of halogens is 1. The Kier molecular flexibility index (Phi) is 2.60. The Balaban J connectivity index is 2.25. The van der Waals surface area contributed by atoms with Gasteiger partial charge >= 0.3 is 0 Å². The van der Waals surface area contributed by atoms with Crippen LogP contribution in [-0.4, -0.2) is 19.6 Å². The summed E-state index contributed by atoms with van der Waals surface area (Å²) < 4.78 is 0. The first-order chi connectivity index (χ1) is 8.09. The highest BCUT2D eigenvalue weighted by molar-refractivity contribution is 6.32. The quantitative estimate of drug-likeness (QED) is 0.762. The van der Waals surface area contributed by atoms with Crippen molar-refractivity contribution in [2.45, 2.75) is 32.2 Å². The molecule has 0 aliphatic carbocycles. The number of anilines is 1. The van der Waals surface area contributed by atoms with Crippen molar-refractivity contribution in [3.05, 3.63) is 28.3 Å². The Morgan fingerprint density at radius 2 is 2.12 bits per heavy atom. The minimum absolute atomic E-state index is 0.198. The molecule has 2 aliphatic heterocycles. The highest BCUT2D eigenvalue weighted by atomic mass is 35.5. The van der Waals surface area contributed by atoms with Crippen LogP contribution in [0.3, 0.4) is 0 Å². The summed E-state index contributed by atoms with van der Waals surface area (Å²) in [5.74, 6) is 0. The van der Waals surface area contributed by atoms with Gasteiger partial charge in [-0.15, -0.1) is 0 Å². The topological polar surface area (TPSA) is 15.3 Å². The number of hydrogen-bond acceptors (Lipinski definition) is 2. The van der Waals surface area contributed by atoms with Gasteiger partial charge < -0.3 is 10.2 Å². The smallest absolute Gasteiger partial charge is 0.0465 e. The summed E-state index contributed by atoms with van der Waals surface area (Å²) in [5, 5.41) is 4.42. The molecular formula is C14H19ClN2. The van der Waals surface area contributed by atoms with Crippen LogP contribution < -0.4 is 10.2 Å². The fourth-order valence-electron chi connectivity index (χ4n) is 3.07. The zero-order valence-electron chi connectivity index (χ0n) is 10.5. The lowest BCUT2D eigenvalue weighted by molar-refractivity contribution is 0.455. The lowest BCUT2D eigenvalue weighted by atomic mass is 9.76. The fourth-order valence-corrected chi connectivity index (χ4v) is 3.48. The van der Waals surface area contributed by atoms with Gasteiger partial charge in [0.25, 0.3) is 0 Å². The van der Waals surface area contributed by atoms with E-state index in [0.29, 0.717) is 0 Å². The number of nitrogens with zero attached hydrogens (tertiary/aromatic N) is 1. The Bertz CT molecular complexity index is 454. The molecule has 1 aromatic rings. The summed E-state index contributed by atoms with van der Waals surface area (Å²) >= 11 is 6.45. The summed E-state index contributed by atoms with van der Waals surface area (Å²) in [5.41, 5.74) is 4.35. The third-order valence-electron chi connectivity index (χ3n) is 4.08. The zero-order chi connectivity index (χ0) is 12.0. The minimum Gasteiger partial charge on any atom is -0.370 e. The average molecular weight is 251 g/mol. The second-order valence-corrected chi connectivity index (χ2v) is 6.14. The summed E-state index contributed by atoms with van der Waals surface area (Å²) in [6.45, 7) is 8.89. The van der Waals surface area contributed by atoms with Gasteiger partial charge in [0.05, 0.1) is 0 Å². The number of hydrogen-bond donors (Lipinski definition) is 1. The van der Waals surface area contributed by atoms with Gasteiger partial charge in [-0.05, 0) is 23.5 Å². The SMILES string of the molecule is CC1(C)CCN2CCNCc3ccc(Cl)c1c32. The first kappa shape index (κ1) is 11.4. The molecule has 3 rings (SSSR count). The molecule has 1 N–H and O–H groups in total. The molecule has 3 heteroatoms. The van der Waals surface area contributed by atoms with E-state index in [1.165, 1.54) is 23.2 Å². The molecule has 0 radical (unpaired) electrons. The molecular weight excluding hydrogens is 232 g/mol. The summed E-state index contributed by atoms with van der Waals surface area (Å²) in [7, 11) is 0. The first-order valence-corrected chi connectivity index (χ1v) is 6.75. The van der Waals surface area contributed by atoms with Crippen LogP contribution in [0.25, 0.3) is 0 Å². The maximum atomic E-state index is 6.45. The molecule has 0 saturated carbocycles. The molecule has 92 valence electrons. The number of nitrogens with one attached hydrogen (secondary N) is 1. The van der Waals surface area contributed by atoms with Gasteiger partial charge in [0.2, 0.25) is 0 Å². The summed E-state index contributed by atoms with van der Waals surface area (Å²) in [6, 6.07) is 4.24. The lowest BCUT2D eigenvalue weighted by Gasteiger charge is -2.41. The van der Waals surface area contributed by atoms with E-state index < -0.39 is 0 Å². The number of benzene rings is 1. The van der Waals surface area contributed by atoms with Gasteiger partial charge in [0.1, 0.15) is 0 Å². The largest absolute Gasteiger partial charge is 0.370 e. The van der Waals surface area contributed by atoms with Crippen LogP contribution in [0.2, 0.25) is 5.02 Å². The Morgan fingerprint density at radius 3 is 2.94 bits per heavy atom. The van der Waals surface area contributed by atoms with Crippen molar-refractivity contribution in [3.63, 3.8) is 0 Å². The number of rotatable bonds is 0. The zero-order valence-corrected chi connectivity index (χ0v) is 11.3. The van der Waals surface area contributed by atoms with E-state index in [0.717, 1.165) is 31.2 Å². The van der Waals surface area contributed by atoms with Crippen molar-refractivity contribution < 1.29 is 0 Å². The third-order valence-corrected chi connectivity index (χ3v) is 4.40.